The highest BCUT2D eigenvalue weighted by atomic mass is 32.2. The van der Waals surface area contributed by atoms with E-state index in [1.54, 1.807) is 0 Å². The maximum absolute atomic E-state index is 10.9. The Morgan fingerprint density at radius 1 is 1.47 bits per heavy atom. The number of rotatable bonds is 4. The summed E-state index contributed by atoms with van der Waals surface area (Å²) >= 11 is 0. The highest BCUT2D eigenvalue weighted by Gasteiger charge is 2.20. The minimum Gasteiger partial charge on any atom is -0.478 e. The summed E-state index contributed by atoms with van der Waals surface area (Å²) in [6.45, 7) is 0. The molecular formula is C8H7NO7S. The fourth-order valence-corrected chi connectivity index (χ4v) is 1.49. The molecule has 0 bridgehead atoms. The van der Waals surface area contributed by atoms with Gasteiger partial charge < -0.3 is 9.29 Å². The molecule has 0 aliphatic rings. The van der Waals surface area contributed by atoms with Crippen LogP contribution in [0.1, 0.15) is 10.4 Å². The van der Waals surface area contributed by atoms with Gasteiger partial charge in [-0.3, -0.25) is 10.1 Å². The number of aromatic carboxylic acids is 1. The van der Waals surface area contributed by atoms with Crippen molar-refractivity contribution in [3.05, 3.63) is 33.9 Å². The lowest BCUT2D eigenvalue weighted by atomic mass is 10.2. The summed E-state index contributed by atoms with van der Waals surface area (Å²) in [7, 11) is -3.97. The smallest absolute Gasteiger partial charge is 0.335 e. The van der Waals surface area contributed by atoms with E-state index >= 15 is 0 Å². The molecule has 17 heavy (non-hydrogen) atoms. The second-order valence-electron chi connectivity index (χ2n) is 3.03. The van der Waals surface area contributed by atoms with E-state index < -0.39 is 32.4 Å². The van der Waals surface area contributed by atoms with Crippen molar-refractivity contribution >= 4 is 21.8 Å². The topological polar surface area (TPSA) is 124 Å². The Morgan fingerprint density at radius 3 is 2.47 bits per heavy atom. The third-order valence-corrected chi connectivity index (χ3v) is 2.13. The van der Waals surface area contributed by atoms with Crippen LogP contribution in [-0.2, 0) is 10.1 Å². The Hall–Kier alpha value is -2.16. The van der Waals surface area contributed by atoms with Crippen LogP contribution in [0.4, 0.5) is 5.69 Å². The molecule has 0 aliphatic carbocycles. The molecule has 0 radical (unpaired) electrons. The number of hydrogen-bond donors (Lipinski definition) is 1. The van der Waals surface area contributed by atoms with E-state index in [9.17, 15) is 23.3 Å². The van der Waals surface area contributed by atoms with Gasteiger partial charge in [0.25, 0.3) is 0 Å². The van der Waals surface area contributed by atoms with Crippen molar-refractivity contribution in [2.24, 2.45) is 0 Å². The summed E-state index contributed by atoms with van der Waals surface area (Å²) in [4.78, 5) is 20.3. The number of carboxylic acid groups (broad SMARTS) is 1. The highest BCUT2D eigenvalue weighted by molar-refractivity contribution is 7.86. The molecule has 0 heterocycles. The minimum absolute atomic E-state index is 0.311. The van der Waals surface area contributed by atoms with Crippen LogP contribution in [0.25, 0.3) is 0 Å². The second-order valence-corrected chi connectivity index (χ2v) is 4.61. The molecule has 0 aliphatic heterocycles. The number of nitrogens with zero attached hydrogens (tertiary/aromatic N) is 1. The molecule has 0 aromatic heterocycles. The normalized spacial score (nSPS) is 10.9. The van der Waals surface area contributed by atoms with Crippen molar-refractivity contribution in [1.82, 2.24) is 0 Å². The lowest BCUT2D eigenvalue weighted by molar-refractivity contribution is -0.385. The van der Waals surface area contributed by atoms with Crippen molar-refractivity contribution in [2.45, 2.75) is 0 Å². The summed E-state index contributed by atoms with van der Waals surface area (Å²) < 4.78 is 26.1. The molecule has 0 saturated heterocycles. The molecule has 0 amide bonds. The maximum Gasteiger partial charge on any atom is 0.335 e. The largest absolute Gasteiger partial charge is 0.478 e. The fraction of sp³-hybridized carbons (Fsp3) is 0.125. The maximum atomic E-state index is 10.9. The van der Waals surface area contributed by atoms with Crippen LogP contribution in [0.5, 0.6) is 5.75 Å². The van der Waals surface area contributed by atoms with Crippen molar-refractivity contribution in [2.75, 3.05) is 6.26 Å². The average Bonchev–Trinajstić information content (AvgIpc) is 2.14. The van der Waals surface area contributed by atoms with Crippen LogP contribution in [-0.4, -0.2) is 30.7 Å². The van der Waals surface area contributed by atoms with E-state index in [0.717, 1.165) is 18.2 Å². The molecule has 0 spiro atoms. The second kappa shape index (κ2) is 4.37. The van der Waals surface area contributed by atoms with Crippen molar-refractivity contribution in [3.8, 4) is 5.75 Å². The number of nitro benzene ring substituents is 1. The van der Waals surface area contributed by atoms with Crippen molar-refractivity contribution in [3.63, 3.8) is 0 Å². The van der Waals surface area contributed by atoms with E-state index in [1.807, 2.05) is 0 Å². The molecule has 8 nitrogen and oxygen atoms in total. The number of nitro groups is 1. The molecule has 0 unspecified atom stereocenters. The molecule has 1 aromatic carbocycles. The van der Waals surface area contributed by atoms with Gasteiger partial charge in [0.15, 0.2) is 0 Å². The number of hydrogen-bond acceptors (Lipinski definition) is 6. The molecular weight excluding hydrogens is 254 g/mol. The standard InChI is InChI=1S/C8H7NO7S/c1-17(14,15)16-7-4-5(8(10)11)2-3-6(7)9(12)13/h2-4H,1H3,(H,10,11). The monoisotopic (exact) mass is 261 g/mol. The van der Waals surface area contributed by atoms with Crippen LogP contribution < -0.4 is 4.18 Å². The Morgan fingerprint density at radius 2 is 2.06 bits per heavy atom. The van der Waals surface area contributed by atoms with Crippen LogP contribution in [0, 0.1) is 10.1 Å². The van der Waals surface area contributed by atoms with Crippen LogP contribution >= 0.6 is 0 Å². The Bertz CT molecular complexity index is 578. The SMILES string of the molecule is CS(=O)(=O)Oc1cc(C(=O)O)ccc1[N+](=O)[O-]. The van der Waals surface area contributed by atoms with Gasteiger partial charge in [-0.2, -0.15) is 8.42 Å². The quantitative estimate of drug-likeness (QED) is 0.478. The number of benzene rings is 1. The lowest BCUT2D eigenvalue weighted by Crippen LogP contribution is -2.08. The first kappa shape index (κ1) is 12.9. The Balaban J connectivity index is 3.35. The molecule has 1 aromatic rings. The van der Waals surface area contributed by atoms with Gasteiger partial charge in [-0.25, -0.2) is 4.79 Å². The molecule has 1 rings (SSSR count). The van der Waals surface area contributed by atoms with Crippen LogP contribution in [0.15, 0.2) is 18.2 Å². The predicted octanol–water partition coefficient (Wildman–Crippen LogP) is 0.631. The van der Waals surface area contributed by atoms with E-state index in [0.29, 0.717) is 6.26 Å². The summed E-state index contributed by atoms with van der Waals surface area (Å²) in [5.41, 5.74) is -0.935. The summed E-state index contributed by atoms with van der Waals surface area (Å²) in [5.74, 6) is -1.98. The van der Waals surface area contributed by atoms with Crippen molar-refractivity contribution < 1.29 is 27.4 Å². The van der Waals surface area contributed by atoms with Gasteiger partial charge in [-0.1, -0.05) is 0 Å². The highest BCUT2D eigenvalue weighted by Crippen LogP contribution is 2.28. The van der Waals surface area contributed by atoms with E-state index in [2.05, 4.69) is 4.18 Å². The van der Waals surface area contributed by atoms with Gasteiger partial charge in [-0.15, -0.1) is 0 Å². The van der Waals surface area contributed by atoms with Gasteiger partial charge in [-0.05, 0) is 6.07 Å². The first-order valence-electron chi connectivity index (χ1n) is 4.12. The fourth-order valence-electron chi connectivity index (χ4n) is 1.03. The van der Waals surface area contributed by atoms with Gasteiger partial charge >= 0.3 is 21.8 Å². The summed E-state index contributed by atoms with van der Waals surface area (Å²) in [5, 5.41) is 19.2. The number of carboxylic acids is 1. The summed E-state index contributed by atoms with van der Waals surface area (Å²) in [6.07, 6.45) is 0.699. The molecule has 9 heteroatoms. The summed E-state index contributed by atoms with van der Waals surface area (Å²) in [6, 6.07) is 2.63. The molecule has 0 fully saturated rings. The molecule has 0 atom stereocenters. The third kappa shape index (κ3) is 3.41. The van der Waals surface area contributed by atoms with Gasteiger partial charge in [0, 0.05) is 12.1 Å². The Kier molecular flexibility index (Phi) is 3.32. The predicted molar refractivity (Wildman–Crippen MR) is 55.5 cm³/mol. The van der Waals surface area contributed by atoms with E-state index in [-0.39, 0.29) is 5.56 Å². The third-order valence-electron chi connectivity index (χ3n) is 1.64. The van der Waals surface area contributed by atoms with Gasteiger partial charge in [0.1, 0.15) is 0 Å². The van der Waals surface area contributed by atoms with Gasteiger partial charge in [0.05, 0.1) is 16.7 Å². The Labute approximate surface area is 95.7 Å². The van der Waals surface area contributed by atoms with E-state index in [4.69, 9.17) is 5.11 Å². The van der Waals surface area contributed by atoms with Crippen molar-refractivity contribution in [1.29, 1.82) is 0 Å². The molecule has 1 N–H and O–H groups in total. The minimum atomic E-state index is -3.97. The molecule has 0 saturated carbocycles. The van der Waals surface area contributed by atoms with Gasteiger partial charge in [0.2, 0.25) is 5.75 Å². The van der Waals surface area contributed by atoms with Crippen LogP contribution in [0.3, 0.4) is 0 Å². The average molecular weight is 261 g/mol. The van der Waals surface area contributed by atoms with E-state index in [1.165, 1.54) is 0 Å². The molecule has 92 valence electrons. The first-order chi connectivity index (χ1) is 7.70. The van der Waals surface area contributed by atoms with Crippen LogP contribution in [0.2, 0.25) is 0 Å². The zero-order valence-electron chi connectivity index (χ0n) is 8.48. The zero-order chi connectivity index (χ0) is 13.2. The number of carbonyl (C=O) groups is 1. The first-order valence-corrected chi connectivity index (χ1v) is 5.93. The zero-order valence-corrected chi connectivity index (χ0v) is 9.30. The lowest BCUT2D eigenvalue weighted by Gasteiger charge is -2.04.